The van der Waals surface area contributed by atoms with E-state index in [0.717, 1.165) is 12.2 Å². The molecule has 1 rings (SSSR count). The van der Waals surface area contributed by atoms with Gasteiger partial charge in [0.25, 0.3) is 0 Å². The summed E-state index contributed by atoms with van der Waals surface area (Å²) in [5, 5.41) is 3.34. The van der Waals surface area contributed by atoms with Gasteiger partial charge in [-0.3, -0.25) is 0 Å². The molecule has 1 unspecified atom stereocenters. The van der Waals surface area contributed by atoms with Crippen LogP contribution in [0.5, 0.6) is 0 Å². The molecule has 0 amide bonds. The van der Waals surface area contributed by atoms with Gasteiger partial charge >= 0.3 is 0 Å². The lowest BCUT2D eigenvalue weighted by Crippen LogP contribution is -2.25. The van der Waals surface area contributed by atoms with E-state index in [-0.39, 0.29) is 11.3 Å². The van der Waals surface area contributed by atoms with Crippen molar-refractivity contribution in [3.05, 3.63) is 29.8 Å². The Kier molecular flexibility index (Phi) is 4.52. The number of anilines is 1. The fourth-order valence-electron chi connectivity index (χ4n) is 1.46. The maximum atomic E-state index is 5.57. The van der Waals surface area contributed by atoms with Gasteiger partial charge < -0.3 is 11.1 Å². The summed E-state index contributed by atoms with van der Waals surface area (Å²) in [5.41, 5.74) is 8.22. The number of hydrogen-bond donors (Lipinski definition) is 2. The highest BCUT2D eigenvalue weighted by atomic mass is 32.1. The van der Waals surface area contributed by atoms with Crippen molar-refractivity contribution in [2.75, 3.05) is 11.9 Å². The van der Waals surface area contributed by atoms with Gasteiger partial charge in [0.2, 0.25) is 0 Å². The van der Waals surface area contributed by atoms with Gasteiger partial charge in [-0.1, -0.05) is 52.0 Å². The van der Waals surface area contributed by atoms with Gasteiger partial charge in [0.05, 0.1) is 4.99 Å². The summed E-state index contributed by atoms with van der Waals surface area (Å²) in [7, 11) is 0. The number of thiocarbonyl (C=S) groups is 1. The molecule has 0 aromatic heterocycles. The molecule has 0 heterocycles. The third-order valence-electron chi connectivity index (χ3n) is 2.85. The normalized spacial score (nSPS) is 13.2. The number of nitrogens with one attached hydrogen (secondary N) is 1. The van der Waals surface area contributed by atoms with Crippen molar-refractivity contribution in [1.29, 1.82) is 0 Å². The Hall–Kier alpha value is -1.09. The fourth-order valence-corrected chi connectivity index (χ4v) is 1.54. The van der Waals surface area contributed by atoms with Gasteiger partial charge in [-0.15, -0.1) is 0 Å². The van der Waals surface area contributed by atoms with Gasteiger partial charge in [0.15, 0.2) is 0 Å². The molecule has 0 aliphatic heterocycles. The van der Waals surface area contributed by atoms with Gasteiger partial charge in [-0.05, 0) is 23.1 Å². The molecule has 0 aliphatic rings. The lowest BCUT2D eigenvalue weighted by atomic mass is 9.87. The first-order valence-electron chi connectivity index (χ1n) is 5.94. The second-order valence-electron chi connectivity index (χ2n) is 5.51. The largest absolute Gasteiger partial charge is 0.393 e. The summed E-state index contributed by atoms with van der Waals surface area (Å²) in [6, 6.07) is 8.53. The Balaban J connectivity index is 2.60. The highest BCUT2D eigenvalue weighted by Gasteiger charge is 2.12. The van der Waals surface area contributed by atoms with Gasteiger partial charge in [-0.25, -0.2) is 0 Å². The fraction of sp³-hybridized carbons (Fsp3) is 0.500. The van der Waals surface area contributed by atoms with E-state index in [1.165, 1.54) is 5.56 Å². The molecular formula is C14H22N2S. The summed E-state index contributed by atoms with van der Waals surface area (Å²) >= 11 is 4.94. The molecule has 2 nitrogen and oxygen atoms in total. The molecule has 94 valence electrons. The molecule has 0 spiro atoms. The van der Waals surface area contributed by atoms with Crippen LogP contribution in [0.15, 0.2) is 24.3 Å². The zero-order chi connectivity index (χ0) is 13.1. The molecule has 0 saturated carbocycles. The van der Waals surface area contributed by atoms with Crippen LogP contribution < -0.4 is 11.1 Å². The van der Waals surface area contributed by atoms with Gasteiger partial charge in [-0.2, -0.15) is 0 Å². The van der Waals surface area contributed by atoms with Crippen LogP contribution in [0.4, 0.5) is 5.69 Å². The van der Waals surface area contributed by atoms with E-state index in [1.807, 2.05) is 6.92 Å². The molecule has 0 aliphatic carbocycles. The van der Waals surface area contributed by atoms with Crippen molar-refractivity contribution in [2.45, 2.75) is 33.1 Å². The average Bonchev–Trinajstić information content (AvgIpc) is 2.25. The molecule has 0 bridgehead atoms. The van der Waals surface area contributed by atoms with E-state index in [4.69, 9.17) is 18.0 Å². The minimum Gasteiger partial charge on any atom is -0.393 e. The quantitative estimate of drug-likeness (QED) is 0.805. The van der Waals surface area contributed by atoms with Crippen LogP contribution in [0.1, 0.15) is 33.3 Å². The minimum atomic E-state index is 0.199. The van der Waals surface area contributed by atoms with Crippen molar-refractivity contribution in [2.24, 2.45) is 11.7 Å². The molecule has 1 aromatic carbocycles. The molecule has 3 N–H and O–H groups in total. The monoisotopic (exact) mass is 250 g/mol. The van der Waals surface area contributed by atoms with Crippen LogP contribution in [0.25, 0.3) is 0 Å². The first kappa shape index (κ1) is 14.0. The average molecular weight is 250 g/mol. The topological polar surface area (TPSA) is 38.0 Å². The van der Waals surface area contributed by atoms with E-state index >= 15 is 0 Å². The van der Waals surface area contributed by atoms with Gasteiger partial charge in [0, 0.05) is 18.2 Å². The van der Waals surface area contributed by atoms with Crippen LogP contribution in [0.3, 0.4) is 0 Å². The van der Waals surface area contributed by atoms with E-state index in [0.29, 0.717) is 4.99 Å². The summed E-state index contributed by atoms with van der Waals surface area (Å²) in [4.78, 5) is 0.559. The maximum Gasteiger partial charge on any atom is 0.0773 e. The number of rotatable bonds is 4. The third-order valence-corrected chi connectivity index (χ3v) is 3.25. The summed E-state index contributed by atoms with van der Waals surface area (Å²) < 4.78 is 0. The summed E-state index contributed by atoms with van der Waals surface area (Å²) in [6.45, 7) is 9.45. The highest BCUT2D eigenvalue weighted by molar-refractivity contribution is 7.80. The van der Waals surface area contributed by atoms with Gasteiger partial charge in [0.1, 0.15) is 0 Å². The van der Waals surface area contributed by atoms with E-state index in [2.05, 4.69) is 50.4 Å². The maximum absolute atomic E-state index is 5.57. The molecular weight excluding hydrogens is 228 g/mol. The van der Waals surface area contributed by atoms with Crippen LogP contribution in [-0.2, 0) is 5.41 Å². The second kappa shape index (κ2) is 5.50. The molecule has 3 heteroatoms. The second-order valence-corrected chi connectivity index (χ2v) is 5.98. The standard InChI is InChI=1S/C14H22N2S/c1-10(13(15)17)9-16-12-7-5-11(6-8-12)14(2,3)4/h5-8,10,16H,9H2,1-4H3,(H2,15,17). The Labute approximate surface area is 110 Å². The Bertz CT molecular complexity index is 376. The third kappa shape index (κ3) is 4.35. The van der Waals surface area contributed by atoms with E-state index in [1.54, 1.807) is 0 Å². The van der Waals surface area contributed by atoms with Crippen LogP contribution in [-0.4, -0.2) is 11.5 Å². The number of nitrogens with two attached hydrogens (primary N) is 1. The Morgan fingerprint density at radius 2 is 1.82 bits per heavy atom. The van der Waals surface area contributed by atoms with Crippen molar-refractivity contribution in [1.82, 2.24) is 0 Å². The highest BCUT2D eigenvalue weighted by Crippen LogP contribution is 2.23. The van der Waals surface area contributed by atoms with Crippen molar-refractivity contribution < 1.29 is 0 Å². The van der Waals surface area contributed by atoms with Crippen LogP contribution in [0, 0.1) is 5.92 Å². The minimum absolute atomic E-state index is 0.199. The molecule has 0 radical (unpaired) electrons. The molecule has 1 atom stereocenters. The smallest absolute Gasteiger partial charge is 0.0773 e. The predicted octanol–water partition coefficient (Wildman–Crippen LogP) is 3.32. The Morgan fingerprint density at radius 1 is 1.29 bits per heavy atom. The number of benzene rings is 1. The van der Waals surface area contributed by atoms with E-state index in [9.17, 15) is 0 Å². The first-order chi connectivity index (χ1) is 7.80. The zero-order valence-corrected chi connectivity index (χ0v) is 11.9. The SMILES string of the molecule is CC(CNc1ccc(C(C)(C)C)cc1)C(N)=S. The summed E-state index contributed by atoms with van der Waals surface area (Å²) in [6.07, 6.45) is 0. The van der Waals surface area contributed by atoms with E-state index < -0.39 is 0 Å². The lowest BCUT2D eigenvalue weighted by molar-refractivity contribution is 0.590. The van der Waals surface area contributed by atoms with Crippen molar-refractivity contribution in [3.8, 4) is 0 Å². The Morgan fingerprint density at radius 3 is 2.24 bits per heavy atom. The first-order valence-corrected chi connectivity index (χ1v) is 6.35. The zero-order valence-electron chi connectivity index (χ0n) is 11.1. The predicted molar refractivity (Wildman–Crippen MR) is 79.6 cm³/mol. The lowest BCUT2D eigenvalue weighted by Gasteiger charge is -2.19. The van der Waals surface area contributed by atoms with Crippen molar-refractivity contribution >= 4 is 22.9 Å². The van der Waals surface area contributed by atoms with Crippen LogP contribution >= 0.6 is 12.2 Å². The van der Waals surface area contributed by atoms with Crippen LogP contribution in [0.2, 0.25) is 0 Å². The van der Waals surface area contributed by atoms with Crippen molar-refractivity contribution in [3.63, 3.8) is 0 Å². The molecule has 0 saturated heterocycles. The number of hydrogen-bond acceptors (Lipinski definition) is 2. The molecule has 0 fully saturated rings. The molecule has 1 aromatic rings. The molecule has 17 heavy (non-hydrogen) atoms. The summed E-state index contributed by atoms with van der Waals surface area (Å²) in [5.74, 6) is 0.215.